The fourth-order valence-electron chi connectivity index (χ4n) is 1.53. The minimum Gasteiger partial charge on any atom is -0.492 e. The fraction of sp³-hybridized carbons (Fsp3) is 0.143. The van der Waals surface area contributed by atoms with Gasteiger partial charge in [0.2, 0.25) is 0 Å². The molecule has 3 nitrogen and oxygen atoms in total. The van der Waals surface area contributed by atoms with Gasteiger partial charge in [-0.05, 0) is 30.3 Å². The predicted molar refractivity (Wildman–Crippen MR) is 69.6 cm³/mol. The summed E-state index contributed by atoms with van der Waals surface area (Å²) in [7, 11) is 0. The van der Waals surface area contributed by atoms with Crippen molar-refractivity contribution in [2.45, 2.75) is 6.42 Å². The van der Waals surface area contributed by atoms with E-state index in [0.717, 1.165) is 5.69 Å². The Balaban J connectivity index is 1.97. The summed E-state index contributed by atoms with van der Waals surface area (Å²) in [6, 6.07) is 12.8. The Labute approximate surface area is 111 Å². The molecule has 0 N–H and O–H groups in total. The summed E-state index contributed by atoms with van der Waals surface area (Å²) in [6.45, 7) is 0.479. The van der Waals surface area contributed by atoms with Crippen LogP contribution in [0.5, 0.6) is 5.75 Å². The average molecular weight is 259 g/mol. The first kappa shape index (κ1) is 12.4. The highest BCUT2D eigenvalue weighted by Crippen LogP contribution is 2.22. The van der Waals surface area contributed by atoms with Crippen molar-refractivity contribution in [1.82, 2.24) is 4.98 Å². The molecule has 0 amide bonds. The molecule has 18 heavy (non-hydrogen) atoms. The maximum atomic E-state index is 8.96. The van der Waals surface area contributed by atoms with Gasteiger partial charge in [0.25, 0.3) is 0 Å². The van der Waals surface area contributed by atoms with Crippen LogP contribution in [0.3, 0.4) is 0 Å². The Morgan fingerprint density at radius 2 is 2.17 bits per heavy atom. The van der Waals surface area contributed by atoms with Crippen molar-refractivity contribution in [3.05, 3.63) is 58.9 Å². The van der Waals surface area contributed by atoms with Crippen LogP contribution in [0.4, 0.5) is 0 Å². The molecule has 0 fully saturated rings. The van der Waals surface area contributed by atoms with E-state index in [-0.39, 0.29) is 0 Å². The number of nitriles is 1. The summed E-state index contributed by atoms with van der Waals surface area (Å²) < 4.78 is 5.57. The normalized spacial score (nSPS) is 9.78. The molecule has 0 aliphatic heterocycles. The SMILES string of the molecule is N#Cc1cc(Cl)ccc1OCCc1ccccn1. The van der Waals surface area contributed by atoms with E-state index in [1.165, 1.54) is 0 Å². The first-order chi connectivity index (χ1) is 8.79. The number of hydrogen-bond acceptors (Lipinski definition) is 3. The Kier molecular flexibility index (Phi) is 4.16. The molecule has 0 radical (unpaired) electrons. The second-order valence-electron chi connectivity index (χ2n) is 3.67. The van der Waals surface area contributed by atoms with Crippen LogP contribution in [-0.4, -0.2) is 11.6 Å². The zero-order valence-corrected chi connectivity index (χ0v) is 10.4. The van der Waals surface area contributed by atoms with E-state index in [2.05, 4.69) is 11.1 Å². The Bertz CT molecular complexity index is 564. The van der Waals surface area contributed by atoms with E-state index in [1.807, 2.05) is 18.2 Å². The van der Waals surface area contributed by atoms with E-state index in [1.54, 1.807) is 24.4 Å². The molecule has 0 spiro atoms. The van der Waals surface area contributed by atoms with Gasteiger partial charge in [0.1, 0.15) is 11.8 Å². The fourth-order valence-corrected chi connectivity index (χ4v) is 1.70. The van der Waals surface area contributed by atoms with Crippen LogP contribution in [0.15, 0.2) is 42.6 Å². The van der Waals surface area contributed by atoms with Gasteiger partial charge in [0, 0.05) is 23.3 Å². The van der Waals surface area contributed by atoms with Crippen LogP contribution in [-0.2, 0) is 6.42 Å². The van der Waals surface area contributed by atoms with Crippen LogP contribution in [0.1, 0.15) is 11.3 Å². The summed E-state index contributed by atoms with van der Waals surface area (Å²) in [4.78, 5) is 4.20. The van der Waals surface area contributed by atoms with Crippen molar-refractivity contribution >= 4 is 11.6 Å². The van der Waals surface area contributed by atoms with Crippen LogP contribution in [0.25, 0.3) is 0 Å². The molecule has 0 aliphatic rings. The summed E-state index contributed by atoms with van der Waals surface area (Å²) >= 11 is 5.81. The van der Waals surface area contributed by atoms with E-state index in [4.69, 9.17) is 21.6 Å². The average Bonchev–Trinajstić information content (AvgIpc) is 2.41. The van der Waals surface area contributed by atoms with E-state index in [9.17, 15) is 0 Å². The van der Waals surface area contributed by atoms with Gasteiger partial charge in [-0.25, -0.2) is 0 Å². The number of nitrogens with zero attached hydrogens (tertiary/aromatic N) is 2. The number of hydrogen-bond donors (Lipinski definition) is 0. The van der Waals surface area contributed by atoms with Crippen LogP contribution in [0, 0.1) is 11.3 Å². The lowest BCUT2D eigenvalue weighted by Gasteiger charge is -2.07. The van der Waals surface area contributed by atoms with Gasteiger partial charge in [0.05, 0.1) is 12.2 Å². The van der Waals surface area contributed by atoms with Crippen molar-refractivity contribution in [2.75, 3.05) is 6.61 Å². The number of aromatic nitrogens is 1. The third kappa shape index (κ3) is 3.22. The highest BCUT2D eigenvalue weighted by atomic mass is 35.5. The summed E-state index contributed by atoms with van der Waals surface area (Å²) in [5, 5.41) is 9.49. The van der Waals surface area contributed by atoms with Crippen molar-refractivity contribution in [3.63, 3.8) is 0 Å². The minimum atomic E-state index is 0.448. The van der Waals surface area contributed by atoms with Crippen molar-refractivity contribution < 1.29 is 4.74 Å². The number of halogens is 1. The summed E-state index contributed by atoms with van der Waals surface area (Å²) in [5.74, 6) is 0.554. The Morgan fingerprint density at radius 1 is 1.28 bits per heavy atom. The van der Waals surface area contributed by atoms with Gasteiger partial charge in [-0.1, -0.05) is 17.7 Å². The third-order valence-electron chi connectivity index (χ3n) is 2.40. The third-order valence-corrected chi connectivity index (χ3v) is 2.64. The van der Waals surface area contributed by atoms with Crippen LogP contribution >= 0.6 is 11.6 Å². The molecule has 2 rings (SSSR count). The van der Waals surface area contributed by atoms with E-state index >= 15 is 0 Å². The van der Waals surface area contributed by atoms with Crippen LogP contribution < -0.4 is 4.74 Å². The quantitative estimate of drug-likeness (QED) is 0.846. The molecule has 1 aromatic carbocycles. The largest absolute Gasteiger partial charge is 0.492 e. The van der Waals surface area contributed by atoms with E-state index < -0.39 is 0 Å². The van der Waals surface area contributed by atoms with Gasteiger partial charge in [0.15, 0.2) is 0 Å². The minimum absolute atomic E-state index is 0.448. The van der Waals surface area contributed by atoms with Crippen LogP contribution in [0.2, 0.25) is 5.02 Å². The van der Waals surface area contributed by atoms with Crippen molar-refractivity contribution in [3.8, 4) is 11.8 Å². The number of rotatable bonds is 4. The van der Waals surface area contributed by atoms with Crippen molar-refractivity contribution in [1.29, 1.82) is 5.26 Å². The molecule has 1 heterocycles. The topological polar surface area (TPSA) is 45.9 Å². The standard InChI is InChI=1S/C14H11ClN2O/c15-12-4-5-14(11(9-12)10-16)18-8-6-13-3-1-2-7-17-13/h1-5,7,9H,6,8H2. The predicted octanol–water partition coefficient (Wildman–Crippen LogP) is 3.23. The Hall–Kier alpha value is -2.05. The van der Waals surface area contributed by atoms with E-state index in [0.29, 0.717) is 29.4 Å². The summed E-state index contributed by atoms with van der Waals surface area (Å²) in [5.41, 5.74) is 1.41. The first-order valence-electron chi connectivity index (χ1n) is 5.52. The number of benzene rings is 1. The second-order valence-corrected chi connectivity index (χ2v) is 4.11. The van der Waals surface area contributed by atoms with Gasteiger partial charge in [-0.2, -0.15) is 5.26 Å². The molecule has 2 aromatic rings. The molecular weight excluding hydrogens is 248 g/mol. The number of ether oxygens (including phenoxy) is 1. The highest BCUT2D eigenvalue weighted by Gasteiger charge is 2.04. The molecule has 0 bridgehead atoms. The maximum Gasteiger partial charge on any atom is 0.137 e. The molecule has 0 aliphatic carbocycles. The molecule has 1 aromatic heterocycles. The smallest absolute Gasteiger partial charge is 0.137 e. The molecule has 90 valence electrons. The second kappa shape index (κ2) is 6.04. The monoisotopic (exact) mass is 258 g/mol. The molecule has 0 atom stereocenters. The molecular formula is C14H11ClN2O. The lowest BCUT2D eigenvalue weighted by Crippen LogP contribution is -2.03. The van der Waals surface area contributed by atoms with Crippen molar-refractivity contribution in [2.24, 2.45) is 0 Å². The van der Waals surface area contributed by atoms with Gasteiger partial charge < -0.3 is 4.74 Å². The number of pyridine rings is 1. The van der Waals surface area contributed by atoms with Gasteiger partial charge >= 0.3 is 0 Å². The zero-order chi connectivity index (χ0) is 12.8. The Morgan fingerprint density at radius 3 is 2.89 bits per heavy atom. The molecule has 0 saturated heterocycles. The zero-order valence-electron chi connectivity index (χ0n) is 9.64. The molecule has 0 saturated carbocycles. The van der Waals surface area contributed by atoms with Gasteiger partial charge in [-0.15, -0.1) is 0 Å². The summed E-state index contributed by atoms with van der Waals surface area (Å²) in [6.07, 6.45) is 2.45. The first-order valence-corrected chi connectivity index (χ1v) is 5.90. The molecule has 0 unspecified atom stereocenters. The highest BCUT2D eigenvalue weighted by molar-refractivity contribution is 6.30. The lowest BCUT2D eigenvalue weighted by molar-refractivity contribution is 0.319. The maximum absolute atomic E-state index is 8.96. The van der Waals surface area contributed by atoms with Gasteiger partial charge in [-0.3, -0.25) is 4.98 Å². The lowest BCUT2D eigenvalue weighted by atomic mass is 10.2. The molecule has 4 heteroatoms.